The summed E-state index contributed by atoms with van der Waals surface area (Å²) in [5, 5.41) is 11.6. The number of nitrogens with one attached hydrogen (secondary N) is 3. The minimum Gasteiger partial charge on any atom is -0.334 e. The van der Waals surface area contributed by atoms with Crippen LogP contribution in [-0.2, 0) is 6.54 Å². The number of hydrogen-bond donors (Lipinski definition) is 3. The lowest BCUT2D eigenvalue weighted by atomic mass is 10.3. The van der Waals surface area contributed by atoms with Crippen LogP contribution in [0.2, 0.25) is 0 Å². The van der Waals surface area contributed by atoms with E-state index in [1.165, 1.54) is 24.3 Å². The molecule has 0 saturated carbocycles. The maximum absolute atomic E-state index is 12.6. The standard InChI is InChI=1S/C11H11FN4O/c12-9-1-3-10(4-2-9)16-11(17)13-5-8-6-14-15-7-8/h1-4,6-7H,5H2,(H,14,15)(H2,13,16,17). The molecule has 2 aromatic rings. The number of halogens is 1. The molecule has 0 radical (unpaired) electrons. The molecule has 2 rings (SSSR count). The number of nitrogens with zero attached hydrogens (tertiary/aromatic N) is 1. The Bertz CT molecular complexity index is 481. The Labute approximate surface area is 97.0 Å². The first kappa shape index (κ1) is 11.1. The van der Waals surface area contributed by atoms with Crippen LogP contribution in [0, 0.1) is 5.82 Å². The zero-order valence-corrected chi connectivity index (χ0v) is 8.90. The van der Waals surface area contributed by atoms with E-state index >= 15 is 0 Å². The van der Waals surface area contributed by atoms with Gasteiger partial charge in [0.15, 0.2) is 0 Å². The van der Waals surface area contributed by atoms with Crippen molar-refractivity contribution in [1.29, 1.82) is 0 Å². The zero-order chi connectivity index (χ0) is 12.1. The number of hydrogen-bond acceptors (Lipinski definition) is 2. The minimum absolute atomic E-state index is 0.339. The average Bonchev–Trinajstić information content (AvgIpc) is 2.83. The molecule has 0 aliphatic rings. The van der Waals surface area contributed by atoms with Crippen molar-refractivity contribution >= 4 is 11.7 Å². The number of aromatic amines is 1. The third-order valence-corrected chi connectivity index (χ3v) is 2.11. The number of anilines is 1. The molecule has 3 N–H and O–H groups in total. The summed E-state index contributed by atoms with van der Waals surface area (Å²) in [6.07, 6.45) is 3.32. The van der Waals surface area contributed by atoms with Gasteiger partial charge in [-0.15, -0.1) is 0 Å². The van der Waals surface area contributed by atoms with E-state index in [-0.39, 0.29) is 11.8 Å². The molecular formula is C11H11FN4O. The molecule has 0 unspecified atom stereocenters. The van der Waals surface area contributed by atoms with Crippen LogP contribution >= 0.6 is 0 Å². The SMILES string of the molecule is O=C(NCc1cn[nH]c1)Nc1ccc(F)cc1. The number of urea groups is 1. The maximum atomic E-state index is 12.6. The number of H-pyrrole nitrogens is 1. The van der Waals surface area contributed by atoms with Crippen molar-refractivity contribution in [3.63, 3.8) is 0 Å². The van der Waals surface area contributed by atoms with Gasteiger partial charge in [-0.25, -0.2) is 9.18 Å². The van der Waals surface area contributed by atoms with Gasteiger partial charge < -0.3 is 10.6 Å². The fourth-order valence-electron chi connectivity index (χ4n) is 1.27. The van der Waals surface area contributed by atoms with Gasteiger partial charge in [-0.1, -0.05) is 0 Å². The molecule has 88 valence electrons. The van der Waals surface area contributed by atoms with Crippen molar-refractivity contribution in [3.8, 4) is 0 Å². The van der Waals surface area contributed by atoms with Gasteiger partial charge in [0, 0.05) is 24.0 Å². The lowest BCUT2D eigenvalue weighted by molar-refractivity contribution is 0.251. The second kappa shape index (κ2) is 5.11. The van der Waals surface area contributed by atoms with Crippen LogP contribution in [0.5, 0.6) is 0 Å². The fraction of sp³-hybridized carbons (Fsp3) is 0.0909. The van der Waals surface area contributed by atoms with Gasteiger partial charge in [0.1, 0.15) is 5.82 Å². The maximum Gasteiger partial charge on any atom is 0.319 e. The molecule has 0 aliphatic carbocycles. The first-order chi connectivity index (χ1) is 8.24. The number of rotatable bonds is 3. The molecule has 0 fully saturated rings. The molecule has 1 aromatic heterocycles. The molecule has 0 bridgehead atoms. The molecule has 5 nitrogen and oxygen atoms in total. The summed E-state index contributed by atoms with van der Waals surface area (Å²) in [7, 11) is 0. The largest absolute Gasteiger partial charge is 0.334 e. The Morgan fingerprint density at radius 2 is 2.12 bits per heavy atom. The predicted molar refractivity (Wildman–Crippen MR) is 60.8 cm³/mol. The number of carbonyl (C=O) groups is 1. The van der Waals surface area contributed by atoms with Gasteiger partial charge in [0.25, 0.3) is 0 Å². The molecular weight excluding hydrogens is 223 g/mol. The highest BCUT2D eigenvalue weighted by Crippen LogP contribution is 2.07. The van der Waals surface area contributed by atoms with E-state index < -0.39 is 0 Å². The van der Waals surface area contributed by atoms with Crippen molar-refractivity contribution in [2.45, 2.75) is 6.54 Å². The highest BCUT2D eigenvalue weighted by molar-refractivity contribution is 5.89. The smallest absolute Gasteiger partial charge is 0.319 e. The summed E-state index contributed by atoms with van der Waals surface area (Å²) >= 11 is 0. The third-order valence-electron chi connectivity index (χ3n) is 2.11. The Morgan fingerprint density at radius 3 is 2.76 bits per heavy atom. The summed E-state index contributed by atoms with van der Waals surface area (Å²) in [6.45, 7) is 0.379. The Hall–Kier alpha value is -2.37. The fourth-order valence-corrected chi connectivity index (χ4v) is 1.27. The third kappa shape index (κ3) is 3.30. The quantitative estimate of drug-likeness (QED) is 0.758. The number of aromatic nitrogens is 2. The van der Waals surface area contributed by atoms with Crippen LogP contribution < -0.4 is 10.6 Å². The Balaban J connectivity index is 1.83. The van der Waals surface area contributed by atoms with Crippen LogP contribution in [0.25, 0.3) is 0 Å². The van der Waals surface area contributed by atoms with Crippen molar-refractivity contribution in [2.75, 3.05) is 5.32 Å². The first-order valence-corrected chi connectivity index (χ1v) is 5.02. The molecule has 0 atom stereocenters. The summed E-state index contributed by atoms with van der Waals surface area (Å²) in [4.78, 5) is 11.4. The van der Waals surface area contributed by atoms with E-state index in [2.05, 4.69) is 20.8 Å². The van der Waals surface area contributed by atoms with Crippen molar-refractivity contribution in [2.24, 2.45) is 0 Å². The lowest BCUT2D eigenvalue weighted by Crippen LogP contribution is -2.27. The van der Waals surface area contributed by atoms with Gasteiger partial charge in [0.2, 0.25) is 0 Å². The molecule has 17 heavy (non-hydrogen) atoms. The summed E-state index contributed by atoms with van der Waals surface area (Å²) in [6, 6.07) is 5.20. The molecule has 6 heteroatoms. The highest BCUT2D eigenvalue weighted by Gasteiger charge is 2.02. The Kier molecular flexibility index (Phi) is 3.34. The van der Waals surface area contributed by atoms with E-state index in [9.17, 15) is 9.18 Å². The van der Waals surface area contributed by atoms with E-state index in [1.54, 1.807) is 12.4 Å². The molecule has 1 heterocycles. The van der Waals surface area contributed by atoms with Crippen LogP contribution in [0.1, 0.15) is 5.56 Å². The normalized spacial score (nSPS) is 9.94. The molecule has 0 spiro atoms. The molecule has 0 saturated heterocycles. The number of carbonyl (C=O) groups excluding carboxylic acids is 1. The predicted octanol–water partition coefficient (Wildman–Crippen LogP) is 1.87. The molecule has 2 amide bonds. The van der Waals surface area contributed by atoms with Gasteiger partial charge >= 0.3 is 6.03 Å². The number of benzene rings is 1. The van der Waals surface area contributed by atoms with E-state index in [1.807, 2.05) is 0 Å². The van der Waals surface area contributed by atoms with E-state index in [0.717, 1.165) is 5.56 Å². The van der Waals surface area contributed by atoms with Gasteiger partial charge in [-0.3, -0.25) is 5.10 Å². The minimum atomic E-state index is -0.349. The van der Waals surface area contributed by atoms with Crippen molar-refractivity contribution in [3.05, 3.63) is 48.0 Å². The van der Waals surface area contributed by atoms with Gasteiger partial charge in [-0.2, -0.15) is 5.10 Å². The van der Waals surface area contributed by atoms with Crippen molar-refractivity contribution in [1.82, 2.24) is 15.5 Å². The van der Waals surface area contributed by atoms with Crippen molar-refractivity contribution < 1.29 is 9.18 Å². The highest BCUT2D eigenvalue weighted by atomic mass is 19.1. The average molecular weight is 234 g/mol. The van der Waals surface area contributed by atoms with E-state index in [0.29, 0.717) is 12.2 Å². The summed E-state index contributed by atoms with van der Waals surface area (Å²) in [5.74, 6) is -0.339. The second-order valence-electron chi connectivity index (χ2n) is 3.42. The monoisotopic (exact) mass is 234 g/mol. The zero-order valence-electron chi connectivity index (χ0n) is 8.90. The number of amides is 2. The Morgan fingerprint density at radius 1 is 1.35 bits per heavy atom. The van der Waals surface area contributed by atoms with Crippen LogP contribution in [0.3, 0.4) is 0 Å². The van der Waals surface area contributed by atoms with Crippen LogP contribution in [0.4, 0.5) is 14.9 Å². The summed E-state index contributed by atoms with van der Waals surface area (Å²) in [5.41, 5.74) is 1.41. The van der Waals surface area contributed by atoms with Gasteiger partial charge in [-0.05, 0) is 24.3 Å². The summed E-state index contributed by atoms with van der Waals surface area (Å²) < 4.78 is 12.6. The van der Waals surface area contributed by atoms with Crippen LogP contribution in [0.15, 0.2) is 36.7 Å². The lowest BCUT2D eigenvalue weighted by Gasteiger charge is -2.06. The van der Waals surface area contributed by atoms with E-state index in [4.69, 9.17) is 0 Å². The van der Waals surface area contributed by atoms with Gasteiger partial charge in [0.05, 0.1) is 6.20 Å². The molecule has 1 aromatic carbocycles. The first-order valence-electron chi connectivity index (χ1n) is 5.02. The van der Waals surface area contributed by atoms with Crippen LogP contribution in [-0.4, -0.2) is 16.2 Å². The topological polar surface area (TPSA) is 69.8 Å². The molecule has 0 aliphatic heterocycles. The second-order valence-corrected chi connectivity index (χ2v) is 3.42.